The summed E-state index contributed by atoms with van der Waals surface area (Å²) in [7, 11) is 0. The van der Waals surface area contributed by atoms with Crippen LogP contribution in [-0.4, -0.2) is 36.5 Å². The van der Waals surface area contributed by atoms with Gasteiger partial charge in [-0.25, -0.2) is 0 Å². The fraction of sp³-hybridized carbons (Fsp3) is 0.318. The number of likely N-dealkylation sites (tertiary alicyclic amines) is 1. The van der Waals surface area contributed by atoms with Crippen LogP contribution in [0.5, 0.6) is 5.75 Å². The van der Waals surface area contributed by atoms with E-state index in [2.05, 4.69) is 18.4 Å². The first kappa shape index (κ1) is 18.1. The topological polar surface area (TPSA) is 32.8 Å². The van der Waals surface area contributed by atoms with Crippen molar-refractivity contribution >= 4 is 34.5 Å². The molecule has 5 heteroatoms. The number of rotatable bonds is 4. The van der Waals surface area contributed by atoms with Crippen molar-refractivity contribution in [2.75, 3.05) is 24.5 Å². The van der Waals surface area contributed by atoms with E-state index in [0.29, 0.717) is 16.3 Å². The van der Waals surface area contributed by atoms with Gasteiger partial charge < -0.3 is 9.64 Å². The van der Waals surface area contributed by atoms with Crippen LogP contribution in [0.25, 0.3) is 5.57 Å². The number of halogens is 1. The number of para-hydroxylation sites is 1. The van der Waals surface area contributed by atoms with Crippen molar-refractivity contribution in [2.45, 2.75) is 25.9 Å². The lowest BCUT2D eigenvalue weighted by Gasteiger charge is -2.31. The van der Waals surface area contributed by atoms with Crippen molar-refractivity contribution in [3.8, 4) is 5.75 Å². The lowest BCUT2D eigenvalue weighted by atomic mass is 10.1. The summed E-state index contributed by atoms with van der Waals surface area (Å²) in [6.45, 7) is 9.41. The minimum absolute atomic E-state index is 0.147. The van der Waals surface area contributed by atoms with Crippen molar-refractivity contribution < 1.29 is 9.53 Å². The van der Waals surface area contributed by atoms with E-state index in [1.54, 1.807) is 11.0 Å². The van der Waals surface area contributed by atoms with Gasteiger partial charge in [-0.2, -0.15) is 0 Å². The summed E-state index contributed by atoms with van der Waals surface area (Å²) in [4.78, 5) is 16.9. The highest BCUT2D eigenvalue weighted by Crippen LogP contribution is 2.44. The predicted octanol–water partition coefficient (Wildman–Crippen LogP) is 4.89. The summed E-state index contributed by atoms with van der Waals surface area (Å²) >= 11 is 6.32. The van der Waals surface area contributed by atoms with E-state index in [1.165, 1.54) is 0 Å². The van der Waals surface area contributed by atoms with Gasteiger partial charge in [0, 0.05) is 24.2 Å². The second kappa shape index (κ2) is 7.37. The van der Waals surface area contributed by atoms with Crippen LogP contribution in [0.15, 0.2) is 49.0 Å². The number of fused-ring (bicyclic) bond motifs is 1. The largest absolute Gasteiger partial charge is 0.490 e. The summed E-state index contributed by atoms with van der Waals surface area (Å²) in [6.07, 6.45) is 2.27. The Hall–Kier alpha value is -2.30. The molecule has 4 rings (SSSR count). The van der Waals surface area contributed by atoms with E-state index in [4.69, 9.17) is 16.3 Å². The number of nitrogens with zero attached hydrogens (tertiary/aromatic N) is 2. The smallest absolute Gasteiger partial charge is 0.262 e. The molecule has 140 valence electrons. The van der Waals surface area contributed by atoms with Gasteiger partial charge in [-0.05, 0) is 49.7 Å². The summed E-state index contributed by atoms with van der Waals surface area (Å²) in [5.41, 5.74) is 2.75. The number of carbonyl (C=O) groups is 1. The average molecular weight is 383 g/mol. The Kier molecular flexibility index (Phi) is 4.94. The molecule has 0 atom stereocenters. The number of ether oxygens (including phenoxy) is 1. The monoisotopic (exact) mass is 382 g/mol. The molecule has 0 spiro atoms. The Morgan fingerprint density at radius 3 is 2.59 bits per heavy atom. The molecule has 0 N–H and O–H groups in total. The van der Waals surface area contributed by atoms with Gasteiger partial charge in [0.25, 0.3) is 5.91 Å². The summed E-state index contributed by atoms with van der Waals surface area (Å²) in [6, 6.07) is 13.1. The number of piperidine rings is 1. The van der Waals surface area contributed by atoms with Gasteiger partial charge in [0.05, 0.1) is 16.4 Å². The zero-order valence-corrected chi connectivity index (χ0v) is 16.2. The van der Waals surface area contributed by atoms with Gasteiger partial charge in [0.2, 0.25) is 0 Å². The lowest BCUT2D eigenvalue weighted by Crippen LogP contribution is -2.37. The Bertz CT molecular complexity index is 888. The molecule has 0 unspecified atom stereocenters. The minimum atomic E-state index is -0.147. The molecule has 0 aliphatic carbocycles. The highest BCUT2D eigenvalue weighted by molar-refractivity contribution is 6.39. The molecule has 0 aromatic heterocycles. The van der Waals surface area contributed by atoms with Crippen molar-refractivity contribution in [1.82, 2.24) is 4.90 Å². The molecule has 2 aromatic rings. The molecule has 27 heavy (non-hydrogen) atoms. The molecule has 0 bridgehead atoms. The van der Waals surface area contributed by atoms with E-state index in [1.807, 2.05) is 36.4 Å². The van der Waals surface area contributed by atoms with Crippen LogP contribution in [0, 0.1) is 0 Å². The molecule has 1 amide bonds. The van der Waals surface area contributed by atoms with Crippen LogP contribution < -0.4 is 9.64 Å². The summed E-state index contributed by atoms with van der Waals surface area (Å²) in [5, 5.41) is 0.537. The second-order valence-corrected chi connectivity index (χ2v) is 7.41. The number of benzene rings is 2. The molecule has 2 aliphatic heterocycles. The number of hydrogen-bond donors (Lipinski definition) is 0. The first-order valence-electron chi connectivity index (χ1n) is 9.39. The van der Waals surface area contributed by atoms with Gasteiger partial charge in [0.15, 0.2) is 0 Å². The fourth-order valence-corrected chi connectivity index (χ4v) is 4.01. The highest BCUT2D eigenvalue weighted by Gasteiger charge is 2.33. The van der Waals surface area contributed by atoms with E-state index >= 15 is 0 Å². The summed E-state index contributed by atoms with van der Waals surface area (Å²) < 4.78 is 6.20. The summed E-state index contributed by atoms with van der Waals surface area (Å²) in [5.74, 6) is 0.644. The van der Waals surface area contributed by atoms with Gasteiger partial charge in [0.1, 0.15) is 11.9 Å². The van der Waals surface area contributed by atoms with Gasteiger partial charge in [-0.3, -0.25) is 9.69 Å². The van der Waals surface area contributed by atoms with E-state index in [9.17, 15) is 4.79 Å². The molecule has 4 nitrogen and oxygen atoms in total. The third kappa shape index (κ3) is 3.35. The predicted molar refractivity (Wildman–Crippen MR) is 110 cm³/mol. The maximum atomic E-state index is 12.8. The standard InChI is InChI=1S/C22H23ClN2O2/c1-3-24-12-10-16(11-13-24)27-17-8-9-20-18(14-17)15(2)22(26)25(20)21-7-5-4-6-19(21)23/h4-9,14,16H,2-3,10-13H2,1H3. The van der Waals surface area contributed by atoms with Crippen molar-refractivity contribution in [2.24, 2.45) is 0 Å². The molecule has 0 saturated carbocycles. The van der Waals surface area contributed by atoms with Gasteiger partial charge in [-0.15, -0.1) is 0 Å². The lowest BCUT2D eigenvalue weighted by molar-refractivity contribution is -0.112. The van der Waals surface area contributed by atoms with Gasteiger partial charge >= 0.3 is 0 Å². The molecular weight excluding hydrogens is 360 g/mol. The molecular formula is C22H23ClN2O2. The molecule has 2 heterocycles. The maximum Gasteiger partial charge on any atom is 0.262 e. The normalized spacial score (nSPS) is 18.1. The van der Waals surface area contributed by atoms with Crippen LogP contribution in [0.4, 0.5) is 11.4 Å². The van der Waals surface area contributed by atoms with E-state index in [-0.39, 0.29) is 12.0 Å². The number of amides is 1. The average Bonchev–Trinajstić information content (AvgIpc) is 2.93. The molecule has 1 saturated heterocycles. The zero-order valence-electron chi connectivity index (χ0n) is 15.5. The van der Waals surface area contributed by atoms with Crippen molar-refractivity contribution in [3.63, 3.8) is 0 Å². The first-order valence-corrected chi connectivity index (χ1v) is 9.77. The Labute approximate surface area is 165 Å². The van der Waals surface area contributed by atoms with Crippen LogP contribution in [0.2, 0.25) is 5.02 Å². The fourth-order valence-electron chi connectivity index (χ4n) is 3.79. The van der Waals surface area contributed by atoms with Crippen LogP contribution >= 0.6 is 11.6 Å². The second-order valence-electron chi connectivity index (χ2n) is 7.00. The van der Waals surface area contributed by atoms with E-state index in [0.717, 1.165) is 49.5 Å². The SMILES string of the molecule is C=C1C(=O)N(c2ccccc2Cl)c2ccc(OC3CCN(CC)CC3)cc21. The Morgan fingerprint density at radius 2 is 1.89 bits per heavy atom. The third-order valence-corrected chi connectivity index (χ3v) is 5.69. The molecule has 0 radical (unpaired) electrons. The molecule has 1 fully saturated rings. The van der Waals surface area contributed by atoms with Crippen LogP contribution in [-0.2, 0) is 4.79 Å². The number of anilines is 2. The third-order valence-electron chi connectivity index (χ3n) is 5.37. The van der Waals surface area contributed by atoms with E-state index < -0.39 is 0 Å². The van der Waals surface area contributed by atoms with Crippen molar-refractivity contribution in [3.05, 3.63) is 59.6 Å². The van der Waals surface area contributed by atoms with Crippen LogP contribution in [0.1, 0.15) is 25.3 Å². The quantitative estimate of drug-likeness (QED) is 0.705. The number of hydrogen-bond acceptors (Lipinski definition) is 3. The molecule has 2 aromatic carbocycles. The first-order chi connectivity index (χ1) is 13.1. The Balaban J connectivity index is 1.58. The Morgan fingerprint density at radius 1 is 1.15 bits per heavy atom. The van der Waals surface area contributed by atoms with Gasteiger partial charge in [-0.1, -0.05) is 37.2 Å². The minimum Gasteiger partial charge on any atom is -0.490 e. The highest BCUT2D eigenvalue weighted by atomic mass is 35.5. The van der Waals surface area contributed by atoms with Crippen molar-refractivity contribution in [1.29, 1.82) is 0 Å². The zero-order chi connectivity index (χ0) is 19.0. The maximum absolute atomic E-state index is 12.8. The number of carbonyl (C=O) groups excluding carboxylic acids is 1. The molecule has 2 aliphatic rings. The van der Waals surface area contributed by atoms with Crippen LogP contribution in [0.3, 0.4) is 0 Å².